The van der Waals surface area contributed by atoms with Gasteiger partial charge in [0.2, 0.25) is 0 Å². The van der Waals surface area contributed by atoms with Gasteiger partial charge < -0.3 is 29.2 Å². The maximum atomic E-state index is 11.5. The van der Waals surface area contributed by atoms with Crippen molar-refractivity contribution in [3.63, 3.8) is 0 Å². The lowest BCUT2D eigenvalue weighted by atomic mass is 10.1. The zero-order valence-electron chi connectivity index (χ0n) is 15.6. The summed E-state index contributed by atoms with van der Waals surface area (Å²) in [5.74, 6) is -1.64. The molecule has 0 bridgehead atoms. The van der Waals surface area contributed by atoms with Gasteiger partial charge in [0.15, 0.2) is 23.5 Å². The first kappa shape index (κ1) is 22.1. The summed E-state index contributed by atoms with van der Waals surface area (Å²) in [6.07, 6.45) is -3.53. The van der Waals surface area contributed by atoms with Crippen molar-refractivity contribution >= 4 is 35.2 Å². The molecular formula is C16H26N2O7S. The minimum absolute atomic E-state index is 0.152. The lowest BCUT2D eigenvalue weighted by molar-refractivity contribution is -0.165. The largest absolute Gasteiger partial charge is 0.463 e. The van der Waals surface area contributed by atoms with Crippen molar-refractivity contribution in [2.24, 2.45) is 0 Å². The van der Waals surface area contributed by atoms with Gasteiger partial charge in [-0.05, 0) is 26.1 Å². The molecule has 0 aromatic carbocycles. The van der Waals surface area contributed by atoms with Crippen LogP contribution in [0.15, 0.2) is 0 Å². The summed E-state index contributed by atoms with van der Waals surface area (Å²) in [4.78, 5) is 36.0. The van der Waals surface area contributed by atoms with Gasteiger partial charge in [0.05, 0.1) is 0 Å². The van der Waals surface area contributed by atoms with Crippen LogP contribution in [0.5, 0.6) is 0 Å². The van der Waals surface area contributed by atoms with Crippen molar-refractivity contribution in [2.45, 2.75) is 59.2 Å². The number of carbonyl (C=O) groups excluding carboxylic acids is 3. The number of hydrogen-bond donors (Lipinski definition) is 1. The van der Waals surface area contributed by atoms with E-state index < -0.39 is 42.4 Å². The van der Waals surface area contributed by atoms with E-state index in [2.05, 4.69) is 5.32 Å². The lowest BCUT2D eigenvalue weighted by Gasteiger charge is -2.28. The van der Waals surface area contributed by atoms with Crippen molar-refractivity contribution in [1.29, 1.82) is 0 Å². The van der Waals surface area contributed by atoms with Gasteiger partial charge in [-0.1, -0.05) is 0 Å². The van der Waals surface area contributed by atoms with E-state index in [9.17, 15) is 14.4 Å². The Balaban J connectivity index is 3.00. The third-order valence-electron chi connectivity index (χ3n) is 3.68. The molecule has 1 N–H and O–H groups in total. The number of nitrogens with zero attached hydrogens (tertiary/aromatic N) is 1. The molecule has 1 aliphatic rings. The van der Waals surface area contributed by atoms with E-state index in [0.717, 1.165) is 0 Å². The number of esters is 3. The number of ether oxygens (including phenoxy) is 4. The summed E-state index contributed by atoms with van der Waals surface area (Å²) >= 11 is 5.35. The highest BCUT2D eigenvalue weighted by molar-refractivity contribution is 7.80. The van der Waals surface area contributed by atoms with Gasteiger partial charge in [0.25, 0.3) is 0 Å². The fraction of sp³-hybridized carbons (Fsp3) is 0.750. The van der Waals surface area contributed by atoms with Crippen LogP contribution in [0.2, 0.25) is 0 Å². The van der Waals surface area contributed by atoms with Crippen LogP contribution in [0.25, 0.3) is 0 Å². The molecule has 0 radical (unpaired) electrons. The lowest BCUT2D eigenvalue weighted by Crippen LogP contribution is -2.51. The van der Waals surface area contributed by atoms with Gasteiger partial charge in [-0.25, -0.2) is 0 Å². The molecule has 0 unspecified atom stereocenters. The summed E-state index contributed by atoms with van der Waals surface area (Å²) in [6.45, 7) is 8.82. The van der Waals surface area contributed by atoms with E-state index in [-0.39, 0.29) is 6.61 Å². The smallest absolute Gasteiger partial charge is 0.303 e. The molecule has 4 atom stereocenters. The van der Waals surface area contributed by atoms with E-state index in [1.165, 1.54) is 20.8 Å². The van der Waals surface area contributed by atoms with Gasteiger partial charge >= 0.3 is 17.9 Å². The molecule has 1 rings (SSSR count). The Labute approximate surface area is 158 Å². The Bertz CT molecular complexity index is 539. The molecule has 1 saturated heterocycles. The highest BCUT2D eigenvalue weighted by Gasteiger charge is 2.50. The van der Waals surface area contributed by atoms with Crippen LogP contribution >= 0.6 is 12.2 Å². The quantitative estimate of drug-likeness (QED) is 0.372. The van der Waals surface area contributed by atoms with Gasteiger partial charge in [-0.3, -0.25) is 14.4 Å². The molecule has 26 heavy (non-hydrogen) atoms. The third-order valence-corrected chi connectivity index (χ3v) is 4.06. The highest BCUT2D eigenvalue weighted by Crippen LogP contribution is 2.26. The highest BCUT2D eigenvalue weighted by atomic mass is 32.1. The molecule has 0 amide bonds. The standard InChI is InChI=1S/C16H26N2O7S/c1-6-18(7-2)16(26)17-15-14(24-11(5)21)13(23-10(4)20)12(25-15)8-22-9(3)19/h12-15H,6-8H2,1-5H3,(H,17,26)/t12-,13-,14-,15-/m1/s1. The average molecular weight is 390 g/mol. The Morgan fingerprint density at radius 2 is 1.54 bits per heavy atom. The van der Waals surface area contributed by atoms with Crippen molar-refractivity contribution in [1.82, 2.24) is 10.2 Å². The van der Waals surface area contributed by atoms with Gasteiger partial charge in [0.1, 0.15) is 12.7 Å². The third kappa shape index (κ3) is 6.41. The number of thiocarbonyl (C=S) groups is 1. The van der Waals surface area contributed by atoms with E-state index in [4.69, 9.17) is 31.2 Å². The Kier molecular flexibility index (Phi) is 8.73. The van der Waals surface area contributed by atoms with Crippen molar-refractivity contribution in [3.05, 3.63) is 0 Å². The number of rotatable bonds is 7. The Hall–Kier alpha value is -1.94. The second-order valence-electron chi connectivity index (χ2n) is 5.67. The van der Waals surface area contributed by atoms with Gasteiger partial charge in [-0.15, -0.1) is 0 Å². The predicted octanol–water partition coefficient (Wildman–Crippen LogP) is 0.354. The summed E-state index contributed by atoms with van der Waals surface area (Å²) in [7, 11) is 0. The van der Waals surface area contributed by atoms with E-state index in [1.54, 1.807) is 0 Å². The number of hydrogen-bond acceptors (Lipinski definition) is 8. The summed E-state index contributed by atoms with van der Waals surface area (Å²) in [5, 5.41) is 3.39. The number of carbonyl (C=O) groups is 3. The maximum absolute atomic E-state index is 11.5. The second-order valence-corrected chi connectivity index (χ2v) is 6.05. The second kappa shape index (κ2) is 10.3. The van der Waals surface area contributed by atoms with Gasteiger partial charge in [-0.2, -0.15) is 0 Å². The Morgan fingerprint density at radius 1 is 1.00 bits per heavy atom. The topological polar surface area (TPSA) is 103 Å². The summed E-state index contributed by atoms with van der Waals surface area (Å²) < 4.78 is 21.3. The molecule has 0 saturated carbocycles. The van der Waals surface area contributed by atoms with Crippen LogP contribution in [-0.2, 0) is 33.3 Å². The van der Waals surface area contributed by atoms with E-state index in [0.29, 0.717) is 18.2 Å². The summed E-state index contributed by atoms with van der Waals surface area (Å²) in [5.41, 5.74) is 0. The fourth-order valence-corrected chi connectivity index (χ4v) is 2.93. The minimum Gasteiger partial charge on any atom is -0.463 e. The van der Waals surface area contributed by atoms with Crippen LogP contribution in [0.3, 0.4) is 0 Å². The van der Waals surface area contributed by atoms with Crippen LogP contribution < -0.4 is 5.32 Å². The summed E-state index contributed by atoms with van der Waals surface area (Å²) in [6, 6.07) is 0. The first-order chi connectivity index (χ1) is 12.2. The van der Waals surface area contributed by atoms with Crippen molar-refractivity contribution in [3.8, 4) is 0 Å². The maximum Gasteiger partial charge on any atom is 0.303 e. The van der Waals surface area contributed by atoms with Crippen LogP contribution in [0.1, 0.15) is 34.6 Å². The molecule has 9 nitrogen and oxygen atoms in total. The molecule has 1 heterocycles. The molecule has 1 aliphatic heterocycles. The monoisotopic (exact) mass is 390 g/mol. The zero-order valence-corrected chi connectivity index (χ0v) is 16.5. The van der Waals surface area contributed by atoms with E-state index >= 15 is 0 Å². The molecular weight excluding hydrogens is 364 g/mol. The SMILES string of the molecule is CCN(CC)C(=S)N[C@@H]1O[C@H](COC(C)=O)[C@@H](OC(C)=O)[C@H]1OC(C)=O. The average Bonchev–Trinajstić information content (AvgIpc) is 2.82. The molecule has 148 valence electrons. The minimum atomic E-state index is -0.939. The molecule has 1 fully saturated rings. The molecule has 10 heteroatoms. The normalized spacial score (nSPS) is 24.5. The molecule has 0 aliphatic carbocycles. The zero-order chi connectivity index (χ0) is 19.9. The van der Waals surface area contributed by atoms with Crippen molar-refractivity contribution in [2.75, 3.05) is 19.7 Å². The van der Waals surface area contributed by atoms with Crippen LogP contribution in [0.4, 0.5) is 0 Å². The van der Waals surface area contributed by atoms with Crippen LogP contribution in [0, 0.1) is 0 Å². The fourth-order valence-electron chi connectivity index (χ4n) is 2.56. The predicted molar refractivity (Wildman–Crippen MR) is 95.1 cm³/mol. The van der Waals surface area contributed by atoms with Gasteiger partial charge in [0, 0.05) is 33.9 Å². The Morgan fingerprint density at radius 3 is 2.00 bits per heavy atom. The molecule has 0 aromatic heterocycles. The molecule has 0 aromatic rings. The molecule has 0 spiro atoms. The first-order valence-electron chi connectivity index (χ1n) is 8.38. The number of nitrogens with one attached hydrogen (secondary N) is 1. The van der Waals surface area contributed by atoms with E-state index in [1.807, 2.05) is 18.7 Å². The van der Waals surface area contributed by atoms with Crippen LogP contribution in [-0.4, -0.2) is 72.2 Å². The first-order valence-corrected chi connectivity index (χ1v) is 8.79. The van der Waals surface area contributed by atoms with Crippen molar-refractivity contribution < 1.29 is 33.3 Å².